The molecule has 0 saturated heterocycles. The van der Waals surface area contributed by atoms with Crippen LogP contribution >= 0.6 is 11.8 Å². The molecule has 0 aromatic carbocycles. The molecular weight excluding hydrogens is 240 g/mol. The Morgan fingerprint density at radius 3 is 3.06 bits per heavy atom. The summed E-state index contributed by atoms with van der Waals surface area (Å²) in [5, 5.41) is 4.12. The quantitative estimate of drug-likeness (QED) is 0.857. The molecule has 2 atom stereocenters. The van der Waals surface area contributed by atoms with Gasteiger partial charge in [0.25, 0.3) is 0 Å². The van der Waals surface area contributed by atoms with Crippen molar-refractivity contribution in [3.63, 3.8) is 0 Å². The largest absolute Gasteiger partial charge is 0.370 e. The minimum atomic E-state index is 0.846. The number of nitrogens with zero attached hydrogens (tertiary/aromatic N) is 1. The van der Waals surface area contributed by atoms with Gasteiger partial charge in [-0.2, -0.15) is 11.8 Å². The Kier molecular flexibility index (Phi) is 5.36. The van der Waals surface area contributed by atoms with Crippen LogP contribution in [0.25, 0.3) is 0 Å². The predicted molar refractivity (Wildman–Crippen MR) is 81.1 cm³/mol. The Balaban J connectivity index is 1.83. The monoisotopic (exact) mass is 264 g/mol. The smallest absolute Gasteiger partial charge is 0.126 e. The molecule has 3 heteroatoms. The Hall–Kier alpha value is -0.700. The summed E-state index contributed by atoms with van der Waals surface area (Å²) in [4.78, 5) is 4.63. The van der Waals surface area contributed by atoms with Crippen molar-refractivity contribution in [2.24, 2.45) is 5.92 Å². The Morgan fingerprint density at radius 1 is 1.39 bits per heavy atom. The van der Waals surface area contributed by atoms with Crippen LogP contribution in [-0.4, -0.2) is 16.8 Å². The molecule has 2 unspecified atom stereocenters. The highest BCUT2D eigenvalue weighted by Crippen LogP contribution is 2.33. The summed E-state index contributed by atoms with van der Waals surface area (Å²) in [6.45, 7) is 5.42. The number of hydrogen-bond acceptors (Lipinski definition) is 3. The van der Waals surface area contributed by atoms with Crippen molar-refractivity contribution in [2.45, 2.75) is 50.5 Å². The first-order valence-corrected chi connectivity index (χ1v) is 8.14. The Bertz CT molecular complexity index is 367. The lowest BCUT2D eigenvalue weighted by Gasteiger charge is -2.26. The third-order valence-electron chi connectivity index (χ3n) is 3.52. The number of thioether (sulfide) groups is 1. The highest BCUT2D eigenvalue weighted by molar-refractivity contribution is 7.99. The zero-order valence-corrected chi connectivity index (χ0v) is 12.3. The van der Waals surface area contributed by atoms with E-state index in [2.05, 4.69) is 48.0 Å². The SMILES string of the molecule is CCNc1cccc(CSC2CCCC(C)C2)n1. The Morgan fingerprint density at radius 2 is 2.28 bits per heavy atom. The highest BCUT2D eigenvalue weighted by atomic mass is 32.2. The zero-order valence-electron chi connectivity index (χ0n) is 11.5. The van der Waals surface area contributed by atoms with E-state index in [9.17, 15) is 0 Å². The second kappa shape index (κ2) is 7.03. The number of aromatic nitrogens is 1. The maximum atomic E-state index is 4.63. The van der Waals surface area contributed by atoms with Crippen LogP contribution in [0.15, 0.2) is 18.2 Å². The fraction of sp³-hybridized carbons (Fsp3) is 0.667. The molecule has 1 aromatic heterocycles. The van der Waals surface area contributed by atoms with Crippen LogP contribution in [0.4, 0.5) is 5.82 Å². The average molecular weight is 264 g/mol. The van der Waals surface area contributed by atoms with Crippen LogP contribution in [0.5, 0.6) is 0 Å². The molecule has 0 aliphatic heterocycles. The van der Waals surface area contributed by atoms with Gasteiger partial charge < -0.3 is 5.32 Å². The zero-order chi connectivity index (χ0) is 12.8. The van der Waals surface area contributed by atoms with Crippen LogP contribution in [0.1, 0.15) is 45.2 Å². The molecule has 0 spiro atoms. The summed E-state index contributed by atoms with van der Waals surface area (Å²) in [6, 6.07) is 6.28. The van der Waals surface area contributed by atoms with E-state index in [1.54, 1.807) is 0 Å². The van der Waals surface area contributed by atoms with Crippen molar-refractivity contribution in [1.82, 2.24) is 4.98 Å². The van der Waals surface area contributed by atoms with Gasteiger partial charge in [-0.1, -0.05) is 25.8 Å². The summed E-state index contributed by atoms with van der Waals surface area (Å²) in [7, 11) is 0. The third kappa shape index (κ3) is 4.20. The molecule has 1 fully saturated rings. The first-order valence-electron chi connectivity index (χ1n) is 7.09. The predicted octanol–water partition coefficient (Wildman–Crippen LogP) is 4.33. The first kappa shape index (κ1) is 13.7. The molecule has 1 heterocycles. The van der Waals surface area contributed by atoms with Crippen LogP contribution in [0, 0.1) is 5.92 Å². The van der Waals surface area contributed by atoms with E-state index in [-0.39, 0.29) is 0 Å². The lowest BCUT2D eigenvalue weighted by atomic mass is 9.91. The third-order valence-corrected chi connectivity index (χ3v) is 4.88. The average Bonchev–Trinajstić information content (AvgIpc) is 2.37. The molecule has 0 amide bonds. The lowest BCUT2D eigenvalue weighted by molar-refractivity contribution is 0.394. The molecule has 0 radical (unpaired) electrons. The normalized spacial score (nSPS) is 23.9. The van der Waals surface area contributed by atoms with Crippen LogP contribution in [0.3, 0.4) is 0 Å². The molecule has 18 heavy (non-hydrogen) atoms. The maximum Gasteiger partial charge on any atom is 0.126 e. The van der Waals surface area contributed by atoms with Crippen LogP contribution < -0.4 is 5.32 Å². The van der Waals surface area contributed by atoms with Crippen LogP contribution in [-0.2, 0) is 5.75 Å². The van der Waals surface area contributed by atoms with Gasteiger partial charge in [0.15, 0.2) is 0 Å². The minimum absolute atomic E-state index is 0.846. The lowest BCUT2D eigenvalue weighted by Crippen LogP contribution is -2.15. The van der Waals surface area contributed by atoms with E-state index in [0.717, 1.165) is 29.3 Å². The van der Waals surface area contributed by atoms with Crippen molar-refractivity contribution in [1.29, 1.82) is 0 Å². The van der Waals surface area contributed by atoms with Gasteiger partial charge >= 0.3 is 0 Å². The molecule has 2 nitrogen and oxygen atoms in total. The fourth-order valence-corrected chi connectivity index (χ4v) is 3.94. The molecule has 1 N–H and O–H groups in total. The first-order chi connectivity index (χ1) is 8.78. The van der Waals surface area contributed by atoms with Gasteiger partial charge in [0.1, 0.15) is 5.82 Å². The van der Waals surface area contributed by atoms with Gasteiger partial charge in [-0.15, -0.1) is 0 Å². The number of hydrogen-bond donors (Lipinski definition) is 1. The van der Waals surface area contributed by atoms with E-state index in [1.807, 2.05) is 6.07 Å². The van der Waals surface area contributed by atoms with E-state index in [1.165, 1.54) is 31.4 Å². The van der Waals surface area contributed by atoms with Crippen molar-refractivity contribution in [2.75, 3.05) is 11.9 Å². The van der Waals surface area contributed by atoms with Crippen molar-refractivity contribution < 1.29 is 0 Å². The van der Waals surface area contributed by atoms with Crippen molar-refractivity contribution in [3.8, 4) is 0 Å². The Labute approximate surface area is 115 Å². The number of anilines is 1. The summed E-state index contributed by atoms with van der Waals surface area (Å²) in [5.74, 6) is 2.97. The molecular formula is C15H24N2S. The number of pyridine rings is 1. The van der Waals surface area contributed by atoms with E-state index >= 15 is 0 Å². The fourth-order valence-electron chi connectivity index (χ4n) is 2.57. The van der Waals surface area contributed by atoms with E-state index < -0.39 is 0 Å². The molecule has 2 rings (SSSR count). The molecule has 0 bridgehead atoms. The maximum absolute atomic E-state index is 4.63. The van der Waals surface area contributed by atoms with Crippen molar-refractivity contribution in [3.05, 3.63) is 23.9 Å². The second-order valence-corrected chi connectivity index (χ2v) is 6.54. The van der Waals surface area contributed by atoms with Gasteiger partial charge in [-0.05, 0) is 37.8 Å². The number of nitrogens with one attached hydrogen (secondary N) is 1. The second-order valence-electron chi connectivity index (χ2n) is 5.25. The van der Waals surface area contributed by atoms with Gasteiger partial charge in [0, 0.05) is 17.5 Å². The molecule has 1 aliphatic rings. The van der Waals surface area contributed by atoms with Gasteiger partial charge in [-0.25, -0.2) is 4.98 Å². The standard InChI is InChI=1S/C15H24N2S/c1-3-16-15-9-5-7-13(17-15)11-18-14-8-4-6-12(2)10-14/h5,7,9,12,14H,3-4,6,8,10-11H2,1-2H3,(H,16,17). The summed E-state index contributed by atoms with van der Waals surface area (Å²) >= 11 is 2.09. The molecule has 1 aliphatic carbocycles. The van der Waals surface area contributed by atoms with Crippen molar-refractivity contribution >= 4 is 17.6 Å². The molecule has 100 valence electrons. The van der Waals surface area contributed by atoms with Gasteiger partial charge in [-0.3, -0.25) is 0 Å². The van der Waals surface area contributed by atoms with Crippen LogP contribution in [0.2, 0.25) is 0 Å². The topological polar surface area (TPSA) is 24.9 Å². The minimum Gasteiger partial charge on any atom is -0.370 e. The summed E-state index contributed by atoms with van der Waals surface area (Å²) in [5.41, 5.74) is 1.21. The van der Waals surface area contributed by atoms with E-state index in [0.29, 0.717) is 0 Å². The molecule has 1 saturated carbocycles. The number of rotatable bonds is 5. The summed E-state index contributed by atoms with van der Waals surface area (Å²) < 4.78 is 0. The highest BCUT2D eigenvalue weighted by Gasteiger charge is 2.19. The van der Waals surface area contributed by atoms with E-state index in [4.69, 9.17) is 0 Å². The summed E-state index contributed by atoms with van der Waals surface area (Å²) in [6.07, 6.45) is 5.61. The van der Waals surface area contributed by atoms with Gasteiger partial charge in [0.05, 0.1) is 5.69 Å². The molecule has 1 aromatic rings. The van der Waals surface area contributed by atoms with Gasteiger partial charge in [0.2, 0.25) is 0 Å².